The number of aromatic nitrogens is 2. The second-order valence-electron chi connectivity index (χ2n) is 5.40. The van der Waals surface area contributed by atoms with Gasteiger partial charge in [-0.15, -0.1) is 11.3 Å². The van der Waals surface area contributed by atoms with Crippen LogP contribution in [0, 0.1) is 0 Å². The molecular formula is C14H14N2O2S. The average Bonchev–Trinajstić information content (AvgIpc) is 2.84. The van der Waals surface area contributed by atoms with Gasteiger partial charge < -0.3 is 5.11 Å². The summed E-state index contributed by atoms with van der Waals surface area (Å²) < 4.78 is 0. The molecular weight excluding hydrogens is 260 g/mol. The Labute approximate surface area is 114 Å². The van der Waals surface area contributed by atoms with Crippen LogP contribution in [0.1, 0.15) is 58.4 Å². The lowest BCUT2D eigenvalue weighted by molar-refractivity contribution is 0.0692. The van der Waals surface area contributed by atoms with Crippen LogP contribution in [0.3, 0.4) is 0 Å². The fourth-order valence-electron chi connectivity index (χ4n) is 3.02. The standard InChI is InChI=1S/C14H14N2O2S/c17-14(18)11-10-8-5-2-6-9(8)19-13(10)16-12(15-11)7-3-1-4-7/h7H,1-6H2,(H,17,18). The van der Waals surface area contributed by atoms with Crippen LogP contribution in [0.2, 0.25) is 0 Å². The number of carboxylic acids is 1. The first-order chi connectivity index (χ1) is 9.24. The second-order valence-corrected chi connectivity index (χ2v) is 6.48. The van der Waals surface area contributed by atoms with Gasteiger partial charge in [-0.2, -0.15) is 0 Å². The van der Waals surface area contributed by atoms with Gasteiger partial charge in [0.05, 0.1) is 0 Å². The van der Waals surface area contributed by atoms with E-state index in [1.807, 2.05) is 0 Å². The Kier molecular flexibility index (Phi) is 2.39. The zero-order valence-electron chi connectivity index (χ0n) is 10.5. The van der Waals surface area contributed by atoms with E-state index in [1.54, 1.807) is 11.3 Å². The molecule has 4 rings (SSSR count). The molecule has 0 radical (unpaired) electrons. The molecule has 2 aliphatic rings. The van der Waals surface area contributed by atoms with Crippen molar-refractivity contribution in [3.63, 3.8) is 0 Å². The summed E-state index contributed by atoms with van der Waals surface area (Å²) >= 11 is 1.67. The molecule has 0 spiro atoms. The van der Waals surface area contributed by atoms with E-state index in [4.69, 9.17) is 0 Å². The maximum atomic E-state index is 11.5. The molecule has 0 saturated heterocycles. The van der Waals surface area contributed by atoms with Crippen LogP contribution >= 0.6 is 11.3 Å². The average molecular weight is 274 g/mol. The molecule has 0 aromatic carbocycles. The molecule has 98 valence electrons. The SMILES string of the molecule is O=C(O)c1nc(C2CCC2)nc2sc3c(c12)CCC3. The Morgan fingerprint density at radius 2 is 2.05 bits per heavy atom. The summed E-state index contributed by atoms with van der Waals surface area (Å²) in [5, 5.41) is 10.3. The van der Waals surface area contributed by atoms with Gasteiger partial charge in [0.1, 0.15) is 10.7 Å². The summed E-state index contributed by atoms with van der Waals surface area (Å²) in [7, 11) is 0. The molecule has 2 aromatic rings. The predicted octanol–water partition coefficient (Wildman–Crippen LogP) is 3.15. The van der Waals surface area contributed by atoms with E-state index in [2.05, 4.69) is 9.97 Å². The van der Waals surface area contributed by atoms with Crippen molar-refractivity contribution in [2.24, 2.45) is 0 Å². The molecule has 0 amide bonds. The van der Waals surface area contributed by atoms with E-state index in [0.717, 1.165) is 48.1 Å². The van der Waals surface area contributed by atoms with E-state index in [9.17, 15) is 9.90 Å². The first kappa shape index (κ1) is 11.3. The molecule has 0 bridgehead atoms. The minimum absolute atomic E-state index is 0.228. The number of aryl methyl sites for hydroxylation is 2. The van der Waals surface area contributed by atoms with Crippen LogP contribution in [0.4, 0.5) is 0 Å². The van der Waals surface area contributed by atoms with Crippen molar-refractivity contribution in [2.75, 3.05) is 0 Å². The van der Waals surface area contributed by atoms with Crippen molar-refractivity contribution >= 4 is 27.5 Å². The van der Waals surface area contributed by atoms with E-state index < -0.39 is 5.97 Å². The Balaban J connectivity index is 1.98. The first-order valence-corrected chi connectivity index (χ1v) is 7.61. The maximum absolute atomic E-state index is 11.5. The topological polar surface area (TPSA) is 63.1 Å². The number of carboxylic acid groups (broad SMARTS) is 1. The zero-order valence-corrected chi connectivity index (χ0v) is 11.3. The number of hydrogen-bond donors (Lipinski definition) is 1. The van der Waals surface area contributed by atoms with Gasteiger partial charge in [-0.05, 0) is 37.7 Å². The van der Waals surface area contributed by atoms with Crippen LogP contribution < -0.4 is 0 Å². The van der Waals surface area contributed by atoms with Gasteiger partial charge in [-0.3, -0.25) is 0 Å². The Morgan fingerprint density at radius 3 is 2.74 bits per heavy atom. The van der Waals surface area contributed by atoms with E-state index in [1.165, 1.54) is 16.9 Å². The number of carbonyl (C=O) groups is 1. The quantitative estimate of drug-likeness (QED) is 0.913. The summed E-state index contributed by atoms with van der Waals surface area (Å²) in [4.78, 5) is 22.7. The van der Waals surface area contributed by atoms with Crippen LogP contribution in [0.5, 0.6) is 0 Å². The summed E-state index contributed by atoms with van der Waals surface area (Å²) in [6.07, 6.45) is 6.55. The van der Waals surface area contributed by atoms with Crippen molar-refractivity contribution in [2.45, 2.75) is 44.4 Å². The maximum Gasteiger partial charge on any atom is 0.355 e. The zero-order chi connectivity index (χ0) is 13.0. The largest absolute Gasteiger partial charge is 0.476 e. The lowest BCUT2D eigenvalue weighted by Crippen LogP contribution is -2.15. The number of aromatic carboxylic acids is 1. The van der Waals surface area contributed by atoms with Gasteiger partial charge >= 0.3 is 5.97 Å². The van der Waals surface area contributed by atoms with Crippen molar-refractivity contribution in [1.82, 2.24) is 9.97 Å². The Bertz CT molecular complexity index is 688. The first-order valence-electron chi connectivity index (χ1n) is 6.79. The number of rotatable bonds is 2. The molecule has 0 unspecified atom stereocenters. The third-order valence-electron chi connectivity index (χ3n) is 4.25. The number of hydrogen-bond acceptors (Lipinski definition) is 4. The monoisotopic (exact) mass is 274 g/mol. The number of thiophene rings is 1. The number of nitrogens with zero attached hydrogens (tertiary/aromatic N) is 2. The smallest absolute Gasteiger partial charge is 0.355 e. The molecule has 4 nitrogen and oxygen atoms in total. The third kappa shape index (κ3) is 1.61. The van der Waals surface area contributed by atoms with Crippen molar-refractivity contribution in [1.29, 1.82) is 0 Å². The highest BCUT2D eigenvalue weighted by Crippen LogP contribution is 2.40. The van der Waals surface area contributed by atoms with Crippen LogP contribution in [-0.4, -0.2) is 21.0 Å². The minimum atomic E-state index is -0.916. The van der Waals surface area contributed by atoms with Gasteiger partial charge in [-0.25, -0.2) is 14.8 Å². The van der Waals surface area contributed by atoms with Crippen molar-refractivity contribution in [3.8, 4) is 0 Å². The molecule has 0 atom stereocenters. The summed E-state index contributed by atoms with van der Waals surface area (Å²) in [6, 6.07) is 0. The van der Waals surface area contributed by atoms with E-state index >= 15 is 0 Å². The highest BCUT2D eigenvalue weighted by molar-refractivity contribution is 7.19. The van der Waals surface area contributed by atoms with Gasteiger partial charge in [0.15, 0.2) is 5.69 Å². The van der Waals surface area contributed by atoms with Crippen LogP contribution in [-0.2, 0) is 12.8 Å². The molecule has 1 fully saturated rings. The fraction of sp³-hybridized carbons (Fsp3) is 0.500. The van der Waals surface area contributed by atoms with Gasteiger partial charge in [-0.1, -0.05) is 6.42 Å². The molecule has 2 heterocycles. The Hall–Kier alpha value is -1.49. The lowest BCUT2D eigenvalue weighted by Gasteiger charge is -2.23. The molecule has 2 aromatic heterocycles. The number of fused-ring (bicyclic) bond motifs is 3. The normalized spacial score (nSPS) is 18.5. The summed E-state index contributed by atoms with van der Waals surface area (Å²) in [6.45, 7) is 0. The van der Waals surface area contributed by atoms with Crippen molar-refractivity contribution < 1.29 is 9.90 Å². The van der Waals surface area contributed by atoms with Gasteiger partial charge in [0.25, 0.3) is 0 Å². The van der Waals surface area contributed by atoms with Crippen molar-refractivity contribution in [3.05, 3.63) is 22.0 Å². The molecule has 1 N–H and O–H groups in total. The molecule has 5 heteroatoms. The second kappa shape index (κ2) is 4.00. The molecule has 2 aliphatic carbocycles. The van der Waals surface area contributed by atoms with Gasteiger partial charge in [0, 0.05) is 16.2 Å². The lowest BCUT2D eigenvalue weighted by atomic mass is 9.85. The van der Waals surface area contributed by atoms with E-state index in [0.29, 0.717) is 5.92 Å². The highest BCUT2D eigenvalue weighted by atomic mass is 32.1. The van der Waals surface area contributed by atoms with Gasteiger partial charge in [0.2, 0.25) is 0 Å². The molecule has 1 saturated carbocycles. The predicted molar refractivity (Wildman–Crippen MR) is 73.0 cm³/mol. The minimum Gasteiger partial charge on any atom is -0.476 e. The van der Waals surface area contributed by atoms with Crippen LogP contribution in [0.25, 0.3) is 10.2 Å². The molecule has 19 heavy (non-hydrogen) atoms. The fourth-order valence-corrected chi connectivity index (χ4v) is 4.28. The summed E-state index contributed by atoms with van der Waals surface area (Å²) in [5.41, 5.74) is 1.42. The van der Waals surface area contributed by atoms with E-state index in [-0.39, 0.29) is 5.69 Å². The van der Waals surface area contributed by atoms with Crippen LogP contribution in [0.15, 0.2) is 0 Å². The summed E-state index contributed by atoms with van der Waals surface area (Å²) in [5.74, 6) is 0.205. The Morgan fingerprint density at radius 1 is 1.21 bits per heavy atom. The third-order valence-corrected chi connectivity index (χ3v) is 5.44. The molecule has 0 aliphatic heterocycles. The highest BCUT2D eigenvalue weighted by Gasteiger charge is 2.28.